The summed E-state index contributed by atoms with van der Waals surface area (Å²) in [5, 5.41) is 0. The molecule has 0 aromatic carbocycles. The van der Waals surface area contributed by atoms with Crippen LogP contribution in [0.5, 0.6) is 0 Å². The summed E-state index contributed by atoms with van der Waals surface area (Å²) in [6.07, 6.45) is 15.4. The van der Waals surface area contributed by atoms with Crippen LogP contribution in [-0.2, 0) is 32.7 Å². The summed E-state index contributed by atoms with van der Waals surface area (Å²) >= 11 is 0. The standard InChI is InChI=1S/C5H12.C5H10.C3H6.2C3H8.C3H6.C2H4.Y/c1-4-5(2)3;1-3-5-4-2;1-2-3-1;3*1-3-2;1-2;/h5H,4H2,1-3H3;3,5H,4H2,1-2H3;1-3H2;2*3H2,1-2H3;3H,1H2,2H3;1-2H2;/b;5-3-;;;;;;. The van der Waals surface area contributed by atoms with E-state index in [1.54, 1.807) is 6.08 Å². The Kier molecular flexibility index (Phi) is 133. The van der Waals surface area contributed by atoms with E-state index in [0.29, 0.717) is 0 Å². The Morgan fingerprint density at radius 3 is 1.00 bits per heavy atom. The molecular weight excluding hydrogens is 377 g/mol. The molecule has 0 amide bonds. The molecule has 1 aliphatic rings. The average Bonchev–Trinajstić information content (AvgIpc) is 3.42. The van der Waals surface area contributed by atoms with Crippen LogP contribution in [0.15, 0.2) is 38.0 Å². The Hall–Kier alpha value is 0.324. The van der Waals surface area contributed by atoms with Gasteiger partial charge in [0.15, 0.2) is 0 Å². The van der Waals surface area contributed by atoms with Gasteiger partial charge in [-0.25, -0.2) is 0 Å². The minimum absolute atomic E-state index is 0. The minimum Gasteiger partial charge on any atom is -0.106 e. The monoisotopic (exact) mass is 431 g/mol. The van der Waals surface area contributed by atoms with Gasteiger partial charge in [-0.1, -0.05) is 112 Å². The van der Waals surface area contributed by atoms with Crippen molar-refractivity contribution in [3.05, 3.63) is 38.0 Å². The van der Waals surface area contributed by atoms with Gasteiger partial charge in [0.2, 0.25) is 0 Å². The van der Waals surface area contributed by atoms with Crippen molar-refractivity contribution >= 4 is 0 Å². The predicted molar refractivity (Wildman–Crippen MR) is 123 cm³/mol. The third-order valence-electron chi connectivity index (χ3n) is 1.64. The number of allylic oxidation sites excluding steroid dienone is 3. The van der Waals surface area contributed by atoms with E-state index >= 15 is 0 Å². The van der Waals surface area contributed by atoms with Gasteiger partial charge in [-0.2, -0.15) is 0 Å². The van der Waals surface area contributed by atoms with Crippen LogP contribution in [0.3, 0.4) is 0 Å². The van der Waals surface area contributed by atoms with Crippen molar-refractivity contribution in [3.63, 3.8) is 0 Å². The summed E-state index contributed by atoms with van der Waals surface area (Å²) in [5.41, 5.74) is 0. The van der Waals surface area contributed by atoms with E-state index in [0.717, 1.165) is 12.3 Å². The zero-order valence-corrected chi connectivity index (χ0v) is 22.8. The van der Waals surface area contributed by atoms with E-state index < -0.39 is 0 Å². The molecule has 0 atom stereocenters. The first-order valence-corrected chi connectivity index (χ1v) is 10.1. The fraction of sp³-hybridized carbons (Fsp3) is 0.750. The van der Waals surface area contributed by atoms with Crippen LogP contribution >= 0.6 is 0 Å². The molecule has 0 bridgehead atoms. The van der Waals surface area contributed by atoms with Crippen molar-refractivity contribution in [2.75, 3.05) is 0 Å². The molecule has 0 saturated heterocycles. The number of hydrogen-bond donors (Lipinski definition) is 0. The van der Waals surface area contributed by atoms with Gasteiger partial charge < -0.3 is 0 Å². The molecule has 1 radical (unpaired) electrons. The summed E-state index contributed by atoms with van der Waals surface area (Å²) in [5.74, 6) is 0.884. The molecular formula is C24H54Y. The molecule has 0 aromatic rings. The second-order valence-electron chi connectivity index (χ2n) is 5.66. The molecule has 0 heterocycles. The molecule has 1 rings (SSSR count). The van der Waals surface area contributed by atoms with Crippen molar-refractivity contribution in [3.8, 4) is 0 Å². The normalized spacial score (nSPS) is 8.92. The first kappa shape index (κ1) is 44.6. The van der Waals surface area contributed by atoms with Crippen molar-refractivity contribution in [2.24, 2.45) is 5.92 Å². The first-order valence-electron chi connectivity index (χ1n) is 10.1. The van der Waals surface area contributed by atoms with Gasteiger partial charge in [0.25, 0.3) is 0 Å². The summed E-state index contributed by atoms with van der Waals surface area (Å²) in [6.45, 7) is 30.5. The second-order valence-corrected chi connectivity index (χ2v) is 5.66. The molecule has 0 nitrogen and oxygen atoms in total. The van der Waals surface area contributed by atoms with Gasteiger partial charge in [-0.3, -0.25) is 0 Å². The van der Waals surface area contributed by atoms with Crippen molar-refractivity contribution in [1.29, 1.82) is 0 Å². The van der Waals surface area contributed by atoms with Crippen molar-refractivity contribution in [1.82, 2.24) is 0 Å². The maximum Gasteiger partial charge on any atom is 0 e. The topological polar surface area (TPSA) is 0 Å². The van der Waals surface area contributed by atoms with Gasteiger partial charge in [0, 0.05) is 32.7 Å². The maximum atomic E-state index is 3.36. The van der Waals surface area contributed by atoms with Crippen LogP contribution in [0.2, 0.25) is 0 Å². The molecule has 1 aliphatic carbocycles. The van der Waals surface area contributed by atoms with Gasteiger partial charge >= 0.3 is 0 Å². The van der Waals surface area contributed by atoms with Gasteiger partial charge in [-0.05, 0) is 26.2 Å². The van der Waals surface area contributed by atoms with Crippen LogP contribution in [0, 0.1) is 5.92 Å². The van der Waals surface area contributed by atoms with E-state index in [1.807, 2.05) is 13.8 Å². The van der Waals surface area contributed by atoms with Gasteiger partial charge in [-0.15, -0.1) is 19.7 Å². The Balaban J connectivity index is -0.0000000307. The molecule has 25 heavy (non-hydrogen) atoms. The van der Waals surface area contributed by atoms with E-state index in [2.05, 4.69) is 87.3 Å². The zero-order chi connectivity index (χ0) is 20.6. The van der Waals surface area contributed by atoms with E-state index in [9.17, 15) is 0 Å². The summed E-state index contributed by atoms with van der Waals surface area (Å²) in [4.78, 5) is 0. The molecule has 1 saturated carbocycles. The fourth-order valence-corrected chi connectivity index (χ4v) is 0.236. The van der Waals surface area contributed by atoms with E-state index in [4.69, 9.17) is 0 Å². The third-order valence-corrected chi connectivity index (χ3v) is 1.64. The molecule has 153 valence electrons. The molecule has 1 fully saturated rings. The molecule has 1 heteroatoms. The summed E-state index contributed by atoms with van der Waals surface area (Å²) < 4.78 is 0. The third kappa shape index (κ3) is 428. The largest absolute Gasteiger partial charge is 0.106 e. The Morgan fingerprint density at radius 2 is 1.00 bits per heavy atom. The maximum absolute atomic E-state index is 3.36. The number of rotatable bonds is 2. The first-order chi connectivity index (χ1) is 11.4. The number of hydrogen-bond acceptors (Lipinski definition) is 0. The quantitative estimate of drug-likeness (QED) is 0.382. The van der Waals surface area contributed by atoms with Crippen LogP contribution in [0.4, 0.5) is 0 Å². The van der Waals surface area contributed by atoms with Gasteiger partial charge in [0.05, 0.1) is 0 Å². The van der Waals surface area contributed by atoms with E-state index in [-0.39, 0.29) is 32.7 Å². The van der Waals surface area contributed by atoms with Crippen LogP contribution in [0.1, 0.15) is 114 Å². The van der Waals surface area contributed by atoms with E-state index in [1.165, 1.54) is 38.5 Å². The zero-order valence-electron chi connectivity index (χ0n) is 20.0. The smallest absolute Gasteiger partial charge is 0 e. The molecule has 0 N–H and O–H groups in total. The van der Waals surface area contributed by atoms with Crippen LogP contribution < -0.4 is 0 Å². The summed E-state index contributed by atoms with van der Waals surface area (Å²) in [6, 6.07) is 0. The van der Waals surface area contributed by atoms with Crippen molar-refractivity contribution in [2.45, 2.75) is 114 Å². The SMILES string of the molecule is C/C=C\CC.C1CC1.C=C.C=CC.CCC.CCC.CCC(C)C.[Y]. The van der Waals surface area contributed by atoms with Crippen LogP contribution in [-0.4, -0.2) is 0 Å². The second kappa shape index (κ2) is 74.5. The Bertz CT molecular complexity index is 153. The van der Waals surface area contributed by atoms with Crippen LogP contribution in [0.25, 0.3) is 0 Å². The van der Waals surface area contributed by atoms with Crippen molar-refractivity contribution < 1.29 is 32.7 Å². The molecule has 0 spiro atoms. The Labute approximate surface area is 189 Å². The van der Waals surface area contributed by atoms with Gasteiger partial charge in [0.1, 0.15) is 0 Å². The minimum atomic E-state index is 0. The summed E-state index contributed by atoms with van der Waals surface area (Å²) in [7, 11) is 0. The average molecular weight is 432 g/mol. The molecule has 0 aliphatic heterocycles. The molecule has 0 aromatic heterocycles. The molecule has 0 unspecified atom stereocenters. The fourth-order valence-electron chi connectivity index (χ4n) is 0.236. The predicted octanol–water partition coefficient (Wildman–Crippen LogP) is 10.0. The Morgan fingerprint density at radius 1 is 0.800 bits per heavy atom.